The van der Waals surface area contributed by atoms with Crippen molar-refractivity contribution in [3.63, 3.8) is 0 Å². The molecule has 26 heavy (non-hydrogen) atoms. The lowest BCUT2D eigenvalue weighted by molar-refractivity contribution is -0.118. The Bertz CT molecular complexity index is 934. The molecule has 9 nitrogen and oxygen atoms in total. The van der Waals surface area contributed by atoms with Gasteiger partial charge in [-0.2, -0.15) is 0 Å². The molecule has 0 bridgehead atoms. The van der Waals surface area contributed by atoms with E-state index in [0.29, 0.717) is 25.6 Å². The molecule has 3 aromatic rings. The van der Waals surface area contributed by atoms with Gasteiger partial charge in [-0.3, -0.25) is 19.4 Å². The largest absolute Gasteiger partial charge is 0.379 e. The average Bonchev–Trinajstić information content (AvgIpc) is 3.08. The Morgan fingerprint density at radius 1 is 1.23 bits per heavy atom. The quantitative estimate of drug-likeness (QED) is 0.737. The second kappa shape index (κ2) is 7.14. The van der Waals surface area contributed by atoms with Crippen molar-refractivity contribution >= 4 is 22.6 Å². The van der Waals surface area contributed by atoms with Crippen LogP contribution in [0.2, 0.25) is 0 Å². The molecule has 4 rings (SSSR count). The molecule has 0 aliphatic carbocycles. The number of aromatic nitrogens is 5. The van der Waals surface area contributed by atoms with Crippen molar-refractivity contribution in [3.05, 3.63) is 30.7 Å². The first-order valence-electron chi connectivity index (χ1n) is 8.40. The van der Waals surface area contributed by atoms with Gasteiger partial charge < -0.3 is 10.1 Å². The molecule has 1 aliphatic rings. The van der Waals surface area contributed by atoms with Crippen molar-refractivity contribution in [1.29, 1.82) is 0 Å². The number of ether oxygens (including phenoxy) is 1. The molecule has 0 saturated carbocycles. The Labute approximate surface area is 150 Å². The van der Waals surface area contributed by atoms with E-state index in [4.69, 9.17) is 4.74 Å². The Morgan fingerprint density at radius 3 is 2.85 bits per heavy atom. The van der Waals surface area contributed by atoms with E-state index in [1.54, 1.807) is 17.1 Å². The van der Waals surface area contributed by atoms with Crippen molar-refractivity contribution < 1.29 is 9.53 Å². The molecule has 0 aromatic carbocycles. The Hall–Kier alpha value is -2.91. The summed E-state index contributed by atoms with van der Waals surface area (Å²) in [5, 5.41) is 11.8. The minimum absolute atomic E-state index is 0.0863. The van der Waals surface area contributed by atoms with Crippen LogP contribution in [0.4, 0.5) is 5.82 Å². The molecule has 0 unspecified atom stereocenters. The summed E-state index contributed by atoms with van der Waals surface area (Å²) in [6.45, 7) is 3.20. The number of morpholine rings is 1. The number of carbonyl (C=O) groups excluding carboxylic acids is 1. The Kier molecular flexibility index (Phi) is 4.55. The predicted octanol–water partition coefficient (Wildman–Crippen LogP) is 0.696. The summed E-state index contributed by atoms with van der Waals surface area (Å²) < 4.78 is 6.94. The highest BCUT2D eigenvalue weighted by Crippen LogP contribution is 2.22. The van der Waals surface area contributed by atoms with Crippen LogP contribution in [0.25, 0.3) is 22.2 Å². The lowest BCUT2D eigenvalue weighted by atomic mass is 10.1. The second-order valence-electron chi connectivity index (χ2n) is 6.20. The summed E-state index contributed by atoms with van der Waals surface area (Å²) in [6.07, 6.45) is 5.22. The lowest BCUT2D eigenvalue weighted by Gasteiger charge is -2.25. The van der Waals surface area contributed by atoms with Crippen LogP contribution in [0.1, 0.15) is 0 Å². The van der Waals surface area contributed by atoms with E-state index >= 15 is 0 Å². The van der Waals surface area contributed by atoms with Gasteiger partial charge in [-0.1, -0.05) is 5.21 Å². The highest BCUT2D eigenvalue weighted by atomic mass is 16.5. The maximum atomic E-state index is 12.2. The minimum Gasteiger partial charge on any atom is -0.379 e. The predicted molar refractivity (Wildman–Crippen MR) is 95.4 cm³/mol. The molecule has 4 heterocycles. The van der Waals surface area contributed by atoms with Gasteiger partial charge in [0.15, 0.2) is 0 Å². The number of amides is 1. The SMILES string of the molecule is Cn1cc(-c2cnc3cnc(NC(=O)CN4CCOCC4)cc3c2)nn1. The molecular weight excluding hydrogens is 334 g/mol. The van der Waals surface area contributed by atoms with Gasteiger partial charge in [0.05, 0.1) is 37.7 Å². The van der Waals surface area contributed by atoms with Gasteiger partial charge >= 0.3 is 0 Å². The number of carbonyl (C=O) groups is 1. The first kappa shape index (κ1) is 16.6. The van der Waals surface area contributed by atoms with Crippen LogP contribution < -0.4 is 5.32 Å². The number of hydrogen-bond acceptors (Lipinski definition) is 7. The third-order valence-corrected chi connectivity index (χ3v) is 4.20. The smallest absolute Gasteiger partial charge is 0.239 e. The van der Waals surface area contributed by atoms with E-state index in [1.165, 1.54) is 0 Å². The van der Waals surface area contributed by atoms with Crippen molar-refractivity contribution in [2.24, 2.45) is 7.05 Å². The second-order valence-corrected chi connectivity index (χ2v) is 6.20. The van der Waals surface area contributed by atoms with E-state index in [9.17, 15) is 4.79 Å². The van der Waals surface area contributed by atoms with Crippen molar-refractivity contribution in [3.8, 4) is 11.3 Å². The van der Waals surface area contributed by atoms with Crippen LogP contribution in [0.5, 0.6) is 0 Å². The highest BCUT2D eigenvalue weighted by Gasteiger charge is 2.14. The summed E-state index contributed by atoms with van der Waals surface area (Å²) >= 11 is 0. The molecule has 1 fully saturated rings. The van der Waals surface area contributed by atoms with E-state index in [2.05, 4.69) is 30.5 Å². The summed E-state index contributed by atoms with van der Waals surface area (Å²) in [7, 11) is 1.82. The zero-order valence-electron chi connectivity index (χ0n) is 14.4. The molecule has 9 heteroatoms. The molecule has 3 aromatic heterocycles. The van der Waals surface area contributed by atoms with Crippen molar-refractivity contribution in [1.82, 2.24) is 29.9 Å². The van der Waals surface area contributed by atoms with Gasteiger partial charge in [0.25, 0.3) is 0 Å². The standard InChI is InChI=1S/C17H19N7O2/c1-23-10-15(21-22-23)13-6-12-7-16(19-9-14(12)18-8-13)20-17(25)11-24-2-4-26-5-3-24/h6-10H,2-5,11H2,1H3,(H,19,20,25). The molecule has 1 aliphatic heterocycles. The van der Waals surface area contributed by atoms with Crippen LogP contribution in [0, 0.1) is 0 Å². The summed E-state index contributed by atoms with van der Waals surface area (Å²) in [6, 6.07) is 3.78. The third kappa shape index (κ3) is 3.68. The number of hydrogen-bond donors (Lipinski definition) is 1. The molecule has 1 N–H and O–H groups in total. The Morgan fingerprint density at radius 2 is 2.08 bits per heavy atom. The van der Waals surface area contributed by atoms with Crippen LogP contribution in [-0.2, 0) is 16.6 Å². The third-order valence-electron chi connectivity index (χ3n) is 4.20. The normalized spacial score (nSPS) is 15.3. The fourth-order valence-electron chi connectivity index (χ4n) is 2.86. The van der Waals surface area contributed by atoms with E-state index in [-0.39, 0.29) is 5.91 Å². The topological polar surface area (TPSA) is 98.1 Å². The van der Waals surface area contributed by atoms with Crippen molar-refractivity contribution in [2.75, 3.05) is 38.2 Å². The number of nitrogens with zero attached hydrogens (tertiary/aromatic N) is 6. The highest BCUT2D eigenvalue weighted by molar-refractivity contribution is 5.93. The number of aryl methyl sites for hydroxylation is 1. The van der Waals surface area contributed by atoms with Gasteiger partial charge in [-0.05, 0) is 12.1 Å². The zero-order chi connectivity index (χ0) is 17.9. The van der Waals surface area contributed by atoms with Gasteiger partial charge in [0.2, 0.25) is 5.91 Å². The number of nitrogens with one attached hydrogen (secondary N) is 1. The van der Waals surface area contributed by atoms with Crippen molar-refractivity contribution in [2.45, 2.75) is 0 Å². The maximum Gasteiger partial charge on any atom is 0.239 e. The first-order valence-corrected chi connectivity index (χ1v) is 8.40. The molecule has 134 valence electrons. The number of rotatable bonds is 4. The lowest BCUT2D eigenvalue weighted by Crippen LogP contribution is -2.41. The molecule has 0 spiro atoms. The molecule has 1 amide bonds. The minimum atomic E-state index is -0.0863. The van der Waals surface area contributed by atoms with Gasteiger partial charge in [0, 0.05) is 37.3 Å². The monoisotopic (exact) mass is 353 g/mol. The molecule has 0 radical (unpaired) electrons. The van der Waals surface area contributed by atoms with Crippen LogP contribution in [-0.4, -0.2) is 68.6 Å². The number of fused-ring (bicyclic) bond motifs is 1. The van der Waals surface area contributed by atoms with E-state index in [1.807, 2.05) is 25.4 Å². The molecular formula is C17H19N7O2. The average molecular weight is 353 g/mol. The van der Waals surface area contributed by atoms with E-state index in [0.717, 1.165) is 35.2 Å². The van der Waals surface area contributed by atoms with Gasteiger partial charge in [-0.25, -0.2) is 4.98 Å². The van der Waals surface area contributed by atoms with Gasteiger partial charge in [0.1, 0.15) is 11.5 Å². The van der Waals surface area contributed by atoms with E-state index < -0.39 is 0 Å². The van der Waals surface area contributed by atoms with Crippen LogP contribution in [0.15, 0.2) is 30.7 Å². The summed E-state index contributed by atoms with van der Waals surface area (Å²) in [5.74, 6) is 0.422. The molecule has 0 atom stereocenters. The Balaban J connectivity index is 1.51. The fraction of sp³-hybridized carbons (Fsp3) is 0.353. The maximum absolute atomic E-state index is 12.2. The fourth-order valence-corrected chi connectivity index (χ4v) is 2.86. The number of pyridine rings is 2. The van der Waals surface area contributed by atoms with Gasteiger partial charge in [-0.15, -0.1) is 5.10 Å². The summed E-state index contributed by atoms with van der Waals surface area (Å²) in [5.41, 5.74) is 2.36. The number of anilines is 1. The van der Waals surface area contributed by atoms with Crippen LogP contribution in [0.3, 0.4) is 0 Å². The first-order chi connectivity index (χ1) is 12.7. The molecule has 1 saturated heterocycles. The zero-order valence-corrected chi connectivity index (χ0v) is 14.4. The summed E-state index contributed by atoms with van der Waals surface area (Å²) in [4.78, 5) is 23.0. The van der Waals surface area contributed by atoms with Crippen LogP contribution >= 0.6 is 0 Å².